The average molecular weight is 278 g/mol. The number of nitrogens with zero attached hydrogens (tertiary/aromatic N) is 3. The lowest BCUT2D eigenvalue weighted by Gasteiger charge is -2.21. The van der Waals surface area contributed by atoms with E-state index in [0.717, 1.165) is 25.0 Å². The highest BCUT2D eigenvalue weighted by Gasteiger charge is 2.11. The second-order valence-electron chi connectivity index (χ2n) is 5.64. The van der Waals surface area contributed by atoms with Crippen LogP contribution >= 0.6 is 0 Å². The zero-order valence-electron chi connectivity index (χ0n) is 12.7. The van der Waals surface area contributed by atoms with Gasteiger partial charge < -0.3 is 15.2 Å². The summed E-state index contributed by atoms with van der Waals surface area (Å²) < 4.78 is 15.5. The molecule has 4 nitrogen and oxygen atoms in total. The van der Waals surface area contributed by atoms with Gasteiger partial charge in [0, 0.05) is 18.7 Å². The molecule has 0 atom stereocenters. The zero-order valence-corrected chi connectivity index (χ0v) is 12.7. The molecule has 2 aromatic rings. The number of imidazole rings is 1. The predicted octanol–water partition coefficient (Wildman–Crippen LogP) is 2.80. The van der Waals surface area contributed by atoms with Crippen LogP contribution in [0.15, 0.2) is 12.1 Å². The molecule has 2 rings (SSSR count). The van der Waals surface area contributed by atoms with Gasteiger partial charge in [-0.3, -0.25) is 0 Å². The molecule has 0 spiro atoms. The van der Waals surface area contributed by atoms with Gasteiger partial charge in [-0.15, -0.1) is 0 Å². The fourth-order valence-corrected chi connectivity index (χ4v) is 2.24. The molecule has 0 aliphatic heterocycles. The summed E-state index contributed by atoms with van der Waals surface area (Å²) in [5.41, 5.74) is 8.11. The summed E-state index contributed by atoms with van der Waals surface area (Å²) in [7, 11) is 2.11. The molecule has 110 valence electrons. The van der Waals surface area contributed by atoms with Crippen LogP contribution in [0.4, 0.5) is 10.3 Å². The normalized spacial score (nSPS) is 11.9. The molecule has 0 unspecified atom stereocenters. The Morgan fingerprint density at radius 3 is 2.75 bits per heavy atom. The molecule has 1 aromatic carbocycles. The van der Waals surface area contributed by atoms with Gasteiger partial charge in [0.05, 0.1) is 11.0 Å². The summed E-state index contributed by atoms with van der Waals surface area (Å²) in [5.74, 6) is 0.221. The number of benzene rings is 1. The molecule has 1 heterocycles. The lowest BCUT2D eigenvalue weighted by Crippen LogP contribution is -2.28. The SMILES string of the molecule is Cc1cc2c(cc1F)nc(N)n2CCCN(C)C(C)C. The Balaban J connectivity index is 2.17. The van der Waals surface area contributed by atoms with Crippen LogP contribution in [0.5, 0.6) is 0 Å². The van der Waals surface area contributed by atoms with Crippen LogP contribution in [0.3, 0.4) is 0 Å². The second kappa shape index (κ2) is 5.79. The van der Waals surface area contributed by atoms with Crippen LogP contribution < -0.4 is 5.73 Å². The Morgan fingerprint density at radius 2 is 2.10 bits per heavy atom. The number of halogens is 1. The summed E-state index contributed by atoms with van der Waals surface area (Å²) in [4.78, 5) is 6.53. The Bertz CT molecular complexity index is 603. The van der Waals surface area contributed by atoms with E-state index in [-0.39, 0.29) is 5.82 Å². The number of nitrogens with two attached hydrogens (primary N) is 1. The number of rotatable bonds is 5. The number of aryl methyl sites for hydroxylation is 2. The van der Waals surface area contributed by atoms with Crippen molar-refractivity contribution in [1.29, 1.82) is 0 Å². The number of nitrogen functional groups attached to an aromatic ring is 1. The molecule has 0 saturated heterocycles. The van der Waals surface area contributed by atoms with Gasteiger partial charge in [0.25, 0.3) is 0 Å². The van der Waals surface area contributed by atoms with E-state index in [0.29, 0.717) is 23.1 Å². The third kappa shape index (κ3) is 2.93. The predicted molar refractivity (Wildman–Crippen MR) is 81.2 cm³/mol. The summed E-state index contributed by atoms with van der Waals surface area (Å²) in [6, 6.07) is 3.81. The second-order valence-corrected chi connectivity index (χ2v) is 5.64. The summed E-state index contributed by atoms with van der Waals surface area (Å²) >= 11 is 0. The van der Waals surface area contributed by atoms with Gasteiger partial charge in [0.1, 0.15) is 5.82 Å². The summed E-state index contributed by atoms with van der Waals surface area (Å²) in [6.07, 6.45) is 0.987. The van der Waals surface area contributed by atoms with E-state index in [4.69, 9.17) is 5.73 Å². The lowest BCUT2D eigenvalue weighted by molar-refractivity contribution is 0.266. The molecule has 1 aromatic heterocycles. The average Bonchev–Trinajstić information content (AvgIpc) is 2.66. The maximum absolute atomic E-state index is 13.5. The molecule has 0 fully saturated rings. The van der Waals surface area contributed by atoms with Crippen molar-refractivity contribution in [3.8, 4) is 0 Å². The van der Waals surface area contributed by atoms with Crippen LogP contribution in [-0.4, -0.2) is 34.1 Å². The topological polar surface area (TPSA) is 47.1 Å². The lowest BCUT2D eigenvalue weighted by atomic mass is 10.2. The molecule has 0 amide bonds. The van der Waals surface area contributed by atoms with Gasteiger partial charge in [-0.05, 0) is 52.4 Å². The van der Waals surface area contributed by atoms with Crippen molar-refractivity contribution in [2.45, 2.75) is 39.8 Å². The van der Waals surface area contributed by atoms with E-state index in [1.54, 1.807) is 6.92 Å². The third-order valence-electron chi connectivity index (χ3n) is 3.83. The number of hydrogen-bond donors (Lipinski definition) is 1. The number of fused-ring (bicyclic) bond motifs is 1. The Morgan fingerprint density at radius 1 is 1.40 bits per heavy atom. The molecule has 0 saturated carbocycles. The fourth-order valence-electron chi connectivity index (χ4n) is 2.24. The standard InChI is InChI=1S/C15H23FN4/c1-10(2)19(4)6-5-7-20-14-8-11(3)12(16)9-13(14)18-15(20)17/h8-10H,5-7H2,1-4H3,(H2,17,18). The zero-order chi connectivity index (χ0) is 14.9. The molecule has 5 heteroatoms. The van der Waals surface area contributed by atoms with E-state index in [2.05, 4.69) is 30.8 Å². The van der Waals surface area contributed by atoms with Crippen molar-refractivity contribution >= 4 is 17.0 Å². The van der Waals surface area contributed by atoms with E-state index >= 15 is 0 Å². The third-order valence-corrected chi connectivity index (χ3v) is 3.83. The maximum atomic E-state index is 13.5. The van der Waals surface area contributed by atoms with Gasteiger partial charge in [0.2, 0.25) is 5.95 Å². The monoisotopic (exact) mass is 278 g/mol. The van der Waals surface area contributed by atoms with Crippen molar-refractivity contribution in [2.24, 2.45) is 0 Å². The van der Waals surface area contributed by atoms with Gasteiger partial charge >= 0.3 is 0 Å². The van der Waals surface area contributed by atoms with E-state index < -0.39 is 0 Å². The van der Waals surface area contributed by atoms with Crippen molar-refractivity contribution in [1.82, 2.24) is 14.5 Å². The highest BCUT2D eigenvalue weighted by atomic mass is 19.1. The molecular formula is C15H23FN4. The minimum atomic E-state index is -0.235. The summed E-state index contributed by atoms with van der Waals surface area (Å²) in [5, 5.41) is 0. The van der Waals surface area contributed by atoms with Gasteiger partial charge in [-0.25, -0.2) is 9.37 Å². The first-order valence-corrected chi connectivity index (χ1v) is 7.02. The first kappa shape index (κ1) is 14.8. The first-order valence-electron chi connectivity index (χ1n) is 7.02. The van der Waals surface area contributed by atoms with Crippen LogP contribution in [0.25, 0.3) is 11.0 Å². The molecule has 0 aliphatic rings. The van der Waals surface area contributed by atoms with E-state index in [1.165, 1.54) is 6.07 Å². The van der Waals surface area contributed by atoms with Gasteiger partial charge in [0.15, 0.2) is 0 Å². The van der Waals surface area contributed by atoms with Crippen LogP contribution in [0.1, 0.15) is 25.8 Å². The highest BCUT2D eigenvalue weighted by molar-refractivity contribution is 5.79. The van der Waals surface area contributed by atoms with Gasteiger partial charge in [-0.1, -0.05) is 0 Å². The molecule has 2 N–H and O–H groups in total. The number of anilines is 1. The Kier molecular flexibility index (Phi) is 4.28. The number of aromatic nitrogens is 2. The largest absolute Gasteiger partial charge is 0.369 e. The van der Waals surface area contributed by atoms with E-state index in [1.807, 2.05) is 10.6 Å². The smallest absolute Gasteiger partial charge is 0.201 e. The fraction of sp³-hybridized carbons (Fsp3) is 0.533. The molecule has 0 radical (unpaired) electrons. The maximum Gasteiger partial charge on any atom is 0.201 e. The van der Waals surface area contributed by atoms with E-state index in [9.17, 15) is 4.39 Å². The minimum Gasteiger partial charge on any atom is -0.369 e. The molecule has 20 heavy (non-hydrogen) atoms. The van der Waals surface area contributed by atoms with Crippen molar-refractivity contribution in [2.75, 3.05) is 19.3 Å². The highest BCUT2D eigenvalue weighted by Crippen LogP contribution is 2.21. The van der Waals surface area contributed by atoms with Crippen molar-refractivity contribution in [3.05, 3.63) is 23.5 Å². The van der Waals surface area contributed by atoms with Crippen molar-refractivity contribution < 1.29 is 4.39 Å². The van der Waals surface area contributed by atoms with Gasteiger partial charge in [-0.2, -0.15) is 0 Å². The first-order chi connectivity index (χ1) is 9.40. The van der Waals surface area contributed by atoms with Crippen molar-refractivity contribution in [3.63, 3.8) is 0 Å². The Labute approximate surface area is 119 Å². The Hall–Kier alpha value is -1.62. The van der Waals surface area contributed by atoms with Crippen LogP contribution in [-0.2, 0) is 6.54 Å². The summed E-state index contributed by atoms with van der Waals surface area (Å²) in [6.45, 7) is 7.90. The molecular weight excluding hydrogens is 255 g/mol. The van der Waals surface area contributed by atoms with Crippen LogP contribution in [0, 0.1) is 12.7 Å². The molecule has 0 bridgehead atoms. The van der Waals surface area contributed by atoms with Crippen LogP contribution in [0.2, 0.25) is 0 Å². The minimum absolute atomic E-state index is 0.235. The molecule has 0 aliphatic carbocycles. The quantitative estimate of drug-likeness (QED) is 0.915. The number of hydrogen-bond acceptors (Lipinski definition) is 3.